The Kier molecular flexibility index (Phi) is 9.46. The Balaban J connectivity index is 2.31. The van der Waals surface area contributed by atoms with Crippen LogP contribution in [0.25, 0.3) is 0 Å². The minimum atomic E-state index is -1.17. The molecule has 7 heteroatoms. The predicted octanol–water partition coefficient (Wildman–Crippen LogP) is 3.86. The molecule has 1 amide bonds. The van der Waals surface area contributed by atoms with Gasteiger partial charge in [-0.3, -0.25) is 9.59 Å². The van der Waals surface area contributed by atoms with E-state index < -0.39 is 17.6 Å². The van der Waals surface area contributed by atoms with E-state index >= 15 is 0 Å². The standard InChI is InChI=1S/C20H28ClNO5/c1-14(23)17(22-18(24)15-9-11-16(21)12-10-15)8-6-4-5-7-13-27-20(2,3)19(25)26/h9-12,17H,4-8,13H2,1-3H3,(H,22,24)(H,25,26). The Morgan fingerprint density at radius 3 is 2.26 bits per heavy atom. The fraction of sp³-hybridized carbons (Fsp3) is 0.550. The van der Waals surface area contributed by atoms with Crippen molar-refractivity contribution in [2.24, 2.45) is 0 Å². The largest absolute Gasteiger partial charge is 0.479 e. The summed E-state index contributed by atoms with van der Waals surface area (Å²) in [4.78, 5) is 35.0. The van der Waals surface area contributed by atoms with Gasteiger partial charge in [-0.2, -0.15) is 0 Å². The van der Waals surface area contributed by atoms with Crippen LogP contribution in [0.1, 0.15) is 63.2 Å². The molecular formula is C20H28ClNO5. The van der Waals surface area contributed by atoms with Gasteiger partial charge < -0.3 is 15.2 Å². The third-order valence-corrected chi connectivity index (χ3v) is 4.52. The first-order valence-corrected chi connectivity index (χ1v) is 9.45. The van der Waals surface area contributed by atoms with Gasteiger partial charge in [-0.25, -0.2) is 4.79 Å². The van der Waals surface area contributed by atoms with Crippen LogP contribution >= 0.6 is 11.6 Å². The number of carboxylic acid groups (broad SMARTS) is 1. The first-order valence-electron chi connectivity index (χ1n) is 9.07. The molecule has 0 spiro atoms. The number of amides is 1. The molecule has 150 valence electrons. The Labute approximate surface area is 165 Å². The average Bonchev–Trinajstić information content (AvgIpc) is 2.59. The van der Waals surface area contributed by atoms with E-state index in [9.17, 15) is 14.4 Å². The first-order chi connectivity index (χ1) is 12.6. The predicted molar refractivity (Wildman–Crippen MR) is 104 cm³/mol. The van der Waals surface area contributed by atoms with Crippen molar-refractivity contribution in [3.05, 3.63) is 34.9 Å². The van der Waals surface area contributed by atoms with Crippen LogP contribution in [0.5, 0.6) is 0 Å². The Morgan fingerprint density at radius 1 is 1.11 bits per heavy atom. The number of hydrogen-bond donors (Lipinski definition) is 2. The molecule has 0 aliphatic carbocycles. The Bertz CT molecular complexity index is 642. The highest BCUT2D eigenvalue weighted by molar-refractivity contribution is 6.30. The van der Waals surface area contributed by atoms with E-state index in [-0.39, 0.29) is 11.7 Å². The summed E-state index contributed by atoms with van der Waals surface area (Å²) in [6.07, 6.45) is 3.84. The molecule has 0 fully saturated rings. The number of aliphatic carboxylic acids is 1. The molecule has 0 radical (unpaired) electrons. The summed E-state index contributed by atoms with van der Waals surface area (Å²) in [6, 6.07) is 5.98. The maximum absolute atomic E-state index is 12.2. The summed E-state index contributed by atoms with van der Waals surface area (Å²) in [5, 5.41) is 12.3. The lowest BCUT2D eigenvalue weighted by Gasteiger charge is -2.20. The number of carbonyl (C=O) groups excluding carboxylic acids is 2. The van der Waals surface area contributed by atoms with Crippen LogP contribution < -0.4 is 5.32 Å². The number of ether oxygens (including phenoxy) is 1. The second kappa shape index (κ2) is 11.0. The number of nitrogens with one attached hydrogen (secondary N) is 1. The molecule has 1 atom stereocenters. The fourth-order valence-electron chi connectivity index (χ4n) is 2.41. The second-order valence-corrected chi connectivity index (χ2v) is 7.45. The zero-order chi connectivity index (χ0) is 20.4. The van der Waals surface area contributed by atoms with Crippen molar-refractivity contribution in [2.45, 2.75) is 64.5 Å². The van der Waals surface area contributed by atoms with Gasteiger partial charge >= 0.3 is 5.97 Å². The molecule has 1 unspecified atom stereocenters. The van der Waals surface area contributed by atoms with Crippen LogP contribution in [0.15, 0.2) is 24.3 Å². The molecule has 1 aromatic carbocycles. The lowest BCUT2D eigenvalue weighted by molar-refractivity contribution is -0.161. The molecule has 0 saturated heterocycles. The molecule has 0 aliphatic heterocycles. The van der Waals surface area contributed by atoms with E-state index in [0.717, 1.165) is 25.7 Å². The van der Waals surface area contributed by atoms with Crippen molar-refractivity contribution in [2.75, 3.05) is 6.61 Å². The Hall–Kier alpha value is -1.92. The highest BCUT2D eigenvalue weighted by atomic mass is 35.5. The molecule has 0 aliphatic rings. The number of hydrogen-bond acceptors (Lipinski definition) is 4. The number of rotatable bonds is 12. The van der Waals surface area contributed by atoms with Gasteiger partial charge in [-0.1, -0.05) is 30.9 Å². The smallest absolute Gasteiger partial charge is 0.335 e. The topological polar surface area (TPSA) is 92.7 Å². The zero-order valence-electron chi connectivity index (χ0n) is 16.1. The molecular weight excluding hydrogens is 370 g/mol. The minimum absolute atomic E-state index is 0.0798. The third kappa shape index (κ3) is 8.54. The SMILES string of the molecule is CC(=O)C(CCCCCCOC(C)(C)C(=O)O)NC(=O)c1ccc(Cl)cc1. The molecule has 0 aromatic heterocycles. The monoisotopic (exact) mass is 397 g/mol. The highest BCUT2D eigenvalue weighted by Gasteiger charge is 2.27. The van der Waals surface area contributed by atoms with E-state index in [1.807, 2.05) is 0 Å². The van der Waals surface area contributed by atoms with Gasteiger partial charge in [0.2, 0.25) is 0 Å². The van der Waals surface area contributed by atoms with Gasteiger partial charge in [-0.15, -0.1) is 0 Å². The van der Waals surface area contributed by atoms with Gasteiger partial charge in [0.15, 0.2) is 11.4 Å². The van der Waals surface area contributed by atoms with Gasteiger partial charge in [-0.05, 0) is 57.9 Å². The average molecular weight is 398 g/mol. The summed E-state index contributed by atoms with van der Waals surface area (Å²) in [6.45, 7) is 4.89. The molecule has 0 heterocycles. The molecule has 0 bridgehead atoms. The summed E-state index contributed by atoms with van der Waals surface area (Å²) in [7, 11) is 0. The fourth-order valence-corrected chi connectivity index (χ4v) is 2.54. The van der Waals surface area contributed by atoms with Crippen LogP contribution in [0.3, 0.4) is 0 Å². The molecule has 1 aromatic rings. The third-order valence-electron chi connectivity index (χ3n) is 4.27. The number of carbonyl (C=O) groups is 3. The molecule has 27 heavy (non-hydrogen) atoms. The van der Waals surface area contributed by atoms with E-state index in [1.54, 1.807) is 24.3 Å². The minimum Gasteiger partial charge on any atom is -0.479 e. The first kappa shape index (κ1) is 23.1. The number of halogens is 1. The van der Waals surface area contributed by atoms with Gasteiger partial charge in [0.05, 0.1) is 6.04 Å². The number of carboxylic acids is 1. The van der Waals surface area contributed by atoms with Crippen molar-refractivity contribution in [1.82, 2.24) is 5.32 Å². The molecule has 2 N–H and O–H groups in total. The van der Waals surface area contributed by atoms with Crippen LogP contribution in [-0.4, -0.2) is 41.0 Å². The van der Waals surface area contributed by atoms with Gasteiger partial charge in [0, 0.05) is 17.2 Å². The quantitative estimate of drug-likeness (QED) is 0.522. The summed E-state index contributed by atoms with van der Waals surface area (Å²) < 4.78 is 5.35. The van der Waals surface area contributed by atoms with E-state index in [4.69, 9.17) is 21.4 Å². The normalized spacial score (nSPS) is 12.4. The summed E-state index contributed by atoms with van der Waals surface area (Å²) in [5.74, 6) is -1.36. The number of unbranched alkanes of at least 4 members (excludes halogenated alkanes) is 3. The molecule has 0 saturated carbocycles. The van der Waals surface area contributed by atoms with E-state index in [1.165, 1.54) is 20.8 Å². The van der Waals surface area contributed by atoms with Crippen LogP contribution in [0, 0.1) is 0 Å². The Morgan fingerprint density at radius 2 is 1.70 bits per heavy atom. The summed E-state index contributed by atoms with van der Waals surface area (Å²) in [5.41, 5.74) is -0.713. The zero-order valence-corrected chi connectivity index (χ0v) is 16.8. The highest BCUT2D eigenvalue weighted by Crippen LogP contribution is 2.13. The van der Waals surface area contributed by atoms with Crippen molar-refractivity contribution in [1.29, 1.82) is 0 Å². The van der Waals surface area contributed by atoms with E-state index in [0.29, 0.717) is 23.6 Å². The molecule has 1 rings (SSSR count). The van der Waals surface area contributed by atoms with Crippen molar-refractivity contribution >= 4 is 29.3 Å². The van der Waals surface area contributed by atoms with Crippen molar-refractivity contribution in [3.63, 3.8) is 0 Å². The van der Waals surface area contributed by atoms with E-state index in [2.05, 4.69) is 5.32 Å². The van der Waals surface area contributed by atoms with Gasteiger partial charge in [0.25, 0.3) is 5.91 Å². The molecule has 6 nitrogen and oxygen atoms in total. The lowest BCUT2D eigenvalue weighted by Crippen LogP contribution is -2.39. The number of benzene rings is 1. The maximum atomic E-state index is 12.2. The summed E-state index contributed by atoms with van der Waals surface area (Å²) >= 11 is 5.81. The van der Waals surface area contributed by atoms with Crippen LogP contribution in [0.4, 0.5) is 0 Å². The number of ketones is 1. The lowest BCUT2D eigenvalue weighted by atomic mass is 10.0. The van der Waals surface area contributed by atoms with Crippen molar-refractivity contribution < 1.29 is 24.2 Å². The number of Topliss-reactive ketones (excluding diaryl/α,β-unsaturated/α-hetero) is 1. The van der Waals surface area contributed by atoms with Gasteiger partial charge in [0.1, 0.15) is 0 Å². The van der Waals surface area contributed by atoms with Crippen molar-refractivity contribution in [3.8, 4) is 0 Å². The second-order valence-electron chi connectivity index (χ2n) is 7.01. The van der Waals surface area contributed by atoms with Crippen LogP contribution in [-0.2, 0) is 14.3 Å². The maximum Gasteiger partial charge on any atom is 0.335 e. The van der Waals surface area contributed by atoms with Crippen LogP contribution in [0.2, 0.25) is 5.02 Å².